The first-order valence-corrected chi connectivity index (χ1v) is 17.4. The lowest BCUT2D eigenvalue weighted by Crippen LogP contribution is -2.59. The van der Waals surface area contributed by atoms with Gasteiger partial charge in [-0.05, 0) is 71.0 Å². The van der Waals surface area contributed by atoms with E-state index >= 15 is 0 Å². The molecular weight excluding hydrogens is 576 g/mol. The van der Waals surface area contributed by atoms with Crippen molar-refractivity contribution in [1.82, 2.24) is 5.32 Å². The van der Waals surface area contributed by atoms with Gasteiger partial charge < -0.3 is 36.7 Å². The number of amides is 1. The van der Waals surface area contributed by atoms with Crippen molar-refractivity contribution >= 4 is 23.8 Å². The highest BCUT2D eigenvalue weighted by Gasteiger charge is 2.37. The van der Waals surface area contributed by atoms with Crippen LogP contribution in [0.15, 0.2) is 12.2 Å². The molecule has 0 bridgehead atoms. The van der Waals surface area contributed by atoms with Gasteiger partial charge >= 0.3 is 17.9 Å². The molecule has 0 saturated heterocycles. The number of allylic oxidation sites excluding steroid dienone is 2. The number of nitrogens with one attached hydrogen (secondary N) is 1. The van der Waals surface area contributed by atoms with Crippen LogP contribution in [0.25, 0.3) is 0 Å². The van der Waals surface area contributed by atoms with Gasteiger partial charge in [-0.15, -0.1) is 0 Å². The fraction of sp³-hybridized carbons (Fsp3) is 0.824. The van der Waals surface area contributed by atoms with Crippen molar-refractivity contribution in [2.75, 3.05) is 39.5 Å². The lowest BCUT2D eigenvalue weighted by Gasteiger charge is -2.33. The first kappa shape index (κ1) is 42.5. The Hall–Kier alpha value is -2.50. The molecule has 0 aromatic heterocycles. The Balaban J connectivity index is 4.90. The number of hydrogen-bond acceptors (Lipinski definition) is 10. The molecule has 0 spiro atoms. The Morgan fingerprint density at radius 3 is 1.31 bits per heavy atom. The second-order valence-electron chi connectivity index (χ2n) is 11.8. The fourth-order valence-corrected chi connectivity index (χ4v) is 4.56. The van der Waals surface area contributed by atoms with Gasteiger partial charge in [0.25, 0.3) is 0 Å². The monoisotopic (exact) mass is 640 g/mol. The summed E-state index contributed by atoms with van der Waals surface area (Å²) in [7, 11) is 0. The molecule has 7 N–H and O–H groups in total. The topological polar surface area (TPSA) is 186 Å². The summed E-state index contributed by atoms with van der Waals surface area (Å²) in [4.78, 5) is 49.9. The van der Waals surface area contributed by atoms with Crippen LogP contribution in [0.4, 0.5) is 0 Å². The van der Waals surface area contributed by atoms with Gasteiger partial charge in [-0.25, -0.2) is 0 Å². The molecule has 0 heterocycles. The number of rotatable bonds is 31. The third kappa shape index (κ3) is 26.4. The number of esters is 3. The maximum absolute atomic E-state index is 13.1. The number of carbonyl (C=O) groups excluding carboxylic acids is 4. The SMILES string of the molecule is CCCCCCCCC=CCCCCCCCC(=O)NC(COC(=O)CCCN)(COC(=O)CCCN)COC(=O)CCCN. The van der Waals surface area contributed by atoms with Crippen molar-refractivity contribution in [3.63, 3.8) is 0 Å². The van der Waals surface area contributed by atoms with Crippen LogP contribution >= 0.6 is 0 Å². The van der Waals surface area contributed by atoms with Crippen molar-refractivity contribution in [2.24, 2.45) is 17.2 Å². The predicted molar refractivity (Wildman–Crippen MR) is 178 cm³/mol. The molecule has 0 aliphatic rings. The molecule has 11 heteroatoms. The zero-order valence-corrected chi connectivity index (χ0v) is 28.1. The average Bonchev–Trinajstić information content (AvgIpc) is 3.04. The first-order valence-electron chi connectivity index (χ1n) is 17.4. The third-order valence-electron chi connectivity index (χ3n) is 7.35. The minimum absolute atomic E-state index is 0.0992. The van der Waals surface area contributed by atoms with E-state index in [0.29, 0.717) is 45.3 Å². The highest BCUT2D eigenvalue weighted by atomic mass is 16.6. The van der Waals surface area contributed by atoms with Gasteiger partial charge in [0.2, 0.25) is 5.91 Å². The molecule has 0 rings (SSSR count). The minimum Gasteiger partial charge on any atom is -0.463 e. The lowest BCUT2D eigenvalue weighted by atomic mass is 10.0. The third-order valence-corrected chi connectivity index (χ3v) is 7.35. The summed E-state index contributed by atoms with van der Waals surface area (Å²) >= 11 is 0. The van der Waals surface area contributed by atoms with Gasteiger partial charge in [-0.3, -0.25) is 19.2 Å². The van der Waals surface area contributed by atoms with Crippen LogP contribution in [-0.4, -0.2) is 68.8 Å². The van der Waals surface area contributed by atoms with Crippen LogP contribution in [0.2, 0.25) is 0 Å². The van der Waals surface area contributed by atoms with Gasteiger partial charge in [-0.2, -0.15) is 0 Å². The summed E-state index contributed by atoms with van der Waals surface area (Å²) in [6.45, 7) is 2.22. The molecule has 11 nitrogen and oxygen atoms in total. The van der Waals surface area contributed by atoms with Crippen LogP contribution in [-0.2, 0) is 33.4 Å². The fourth-order valence-electron chi connectivity index (χ4n) is 4.56. The molecule has 0 aromatic carbocycles. The van der Waals surface area contributed by atoms with E-state index in [1.165, 1.54) is 38.5 Å². The summed E-state index contributed by atoms with van der Waals surface area (Å²) < 4.78 is 16.3. The Morgan fingerprint density at radius 2 is 0.911 bits per heavy atom. The van der Waals surface area contributed by atoms with Crippen LogP contribution in [0, 0.1) is 0 Å². The van der Waals surface area contributed by atoms with E-state index < -0.39 is 23.4 Å². The molecule has 1 amide bonds. The molecule has 0 radical (unpaired) electrons. The Morgan fingerprint density at radius 1 is 0.533 bits per heavy atom. The minimum atomic E-state index is -1.44. The number of carbonyl (C=O) groups is 4. The molecule has 262 valence electrons. The van der Waals surface area contributed by atoms with E-state index in [4.69, 9.17) is 31.4 Å². The van der Waals surface area contributed by atoms with E-state index in [1.807, 2.05) is 0 Å². The van der Waals surface area contributed by atoms with Gasteiger partial charge in [0, 0.05) is 25.7 Å². The largest absolute Gasteiger partial charge is 0.463 e. The second kappa shape index (κ2) is 30.2. The highest BCUT2D eigenvalue weighted by molar-refractivity contribution is 5.77. The van der Waals surface area contributed by atoms with Crippen molar-refractivity contribution in [3.8, 4) is 0 Å². The molecule has 0 unspecified atom stereocenters. The summed E-state index contributed by atoms with van der Waals surface area (Å²) in [5.41, 5.74) is 15.1. The zero-order chi connectivity index (χ0) is 33.4. The number of nitrogens with two attached hydrogens (primary N) is 3. The summed E-state index contributed by atoms with van der Waals surface area (Å²) in [6.07, 6.45) is 21.4. The van der Waals surface area contributed by atoms with Crippen molar-refractivity contribution in [1.29, 1.82) is 0 Å². The van der Waals surface area contributed by atoms with Gasteiger partial charge in [0.15, 0.2) is 0 Å². The van der Waals surface area contributed by atoms with Crippen molar-refractivity contribution < 1.29 is 33.4 Å². The molecule has 0 atom stereocenters. The summed E-state index contributed by atoms with van der Waals surface area (Å²) in [6, 6.07) is 0. The van der Waals surface area contributed by atoms with E-state index in [9.17, 15) is 19.2 Å². The van der Waals surface area contributed by atoms with E-state index in [0.717, 1.165) is 38.5 Å². The quantitative estimate of drug-likeness (QED) is 0.0357. The van der Waals surface area contributed by atoms with Gasteiger partial charge in [-0.1, -0.05) is 70.4 Å². The van der Waals surface area contributed by atoms with Crippen LogP contribution in [0.1, 0.15) is 135 Å². The molecule has 0 aliphatic carbocycles. The second-order valence-corrected chi connectivity index (χ2v) is 11.8. The smallest absolute Gasteiger partial charge is 0.305 e. The average molecular weight is 641 g/mol. The summed E-state index contributed by atoms with van der Waals surface area (Å²) in [5, 5.41) is 2.86. The molecule has 0 fully saturated rings. The highest BCUT2D eigenvalue weighted by Crippen LogP contribution is 2.15. The molecule has 0 aromatic rings. The lowest BCUT2D eigenvalue weighted by molar-refractivity contribution is -0.159. The van der Waals surface area contributed by atoms with Crippen LogP contribution in [0.5, 0.6) is 0 Å². The number of ether oxygens (including phenoxy) is 3. The Kier molecular flexibility index (Phi) is 28.5. The Labute approximate surface area is 272 Å². The Bertz CT molecular complexity index is 748. The van der Waals surface area contributed by atoms with E-state index in [-0.39, 0.29) is 51.4 Å². The standard InChI is InChI=1S/C34H64N4O7/c1-2-3-4-5-6-7-8-9-10-11-12-13-14-15-16-20-30(39)38-34(27-43-31(40)21-17-24-35,28-44-32(41)22-18-25-36)29-45-33(42)23-19-26-37/h9-10H,2-8,11-29,35-37H2,1H3,(H,38,39). The maximum Gasteiger partial charge on any atom is 0.305 e. The molecular formula is C34H64N4O7. The number of unbranched alkanes of at least 4 members (excludes halogenated alkanes) is 11. The van der Waals surface area contributed by atoms with Crippen molar-refractivity contribution in [3.05, 3.63) is 12.2 Å². The van der Waals surface area contributed by atoms with Crippen LogP contribution < -0.4 is 22.5 Å². The van der Waals surface area contributed by atoms with Crippen molar-refractivity contribution in [2.45, 2.75) is 141 Å². The number of hydrogen-bond donors (Lipinski definition) is 4. The molecule has 0 saturated carbocycles. The predicted octanol–water partition coefficient (Wildman–Crippen LogP) is 4.73. The molecule has 0 aliphatic heterocycles. The van der Waals surface area contributed by atoms with E-state index in [1.54, 1.807) is 0 Å². The van der Waals surface area contributed by atoms with Crippen LogP contribution in [0.3, 0.4) is 0 Å². The first-order chi connectivity index (χ1) is 21.8. The van der Waals surface area contributed by atoms with Gasteiger partial charge in [0.05, 0.1) is 0 Å². The maximum atomic E-state index is 13.1. The zero-order valence-electron chi connectivity index (χ0n) is 28.1. The van der Waals surface area contributed by atoms with Gasteiger partial charge in [0.1, 0.15) is 25.4 Å². The summed E-state index contributed by atoms with van der Waals surface area (Å²) in [5.74, 6) is -1.85. The van der Waals surface area contributed by atoms with E-state index in [2.05, 4.69) is 24.4 Å². The normalized spacial score (nSPS) is 11.5. The molecule has 45 heavy (non-hydrogen) atoms.